The number of aliphatic hydroxyl groups is 2. The molecule has 0 heterocycles. The molecule has 0 unspecified atom stereocenters. The number of rotatable bonds is 4. The van der Waals surface area contributed by atoms with E-state index in [4.69, 9.17) is 15.3 Å². The fraction of sp³-hybridized carbons (Fsp3) is 0.800. The SMILES string of the molecule is C[C@@H](C(=O)O)N(CO)CO.[NaH].[NaH].[NaH]. The van der Waals surface area contributed by atoms with Gasteiger partial charge in [-0.05, 0) is 6.92 Å². The molecule has 0 aromatic heterocycles. The third-order valence-electron chi connectivity index (χ3n) is 1.27. The summed E-state index contributed by atoms with van der Waals surface area (Å²) < 4.78 is 0. The van der Waals surface area contributed by atoms with Crippen LogP contribution in [0, 0.1) is 0 Å². The van der Waals surface area contributed by atoms with E-state index in [1.807, 2.05) is 0 Å². The zero-order chi connectivity index (χ0) is 8.15. The molecule has 0 radical (unpaired) electrons. The second-order valence-corrected chi connectivity index (χ2v) is 1.89. The second-order valence-electron chi connectivity index (χ2n) is 1.89. The van der Waals surface area contributed by atoms with Crippen molar-refractivity contribution in [2.24, 2.45) is 0 Å². The fourth-order valence-corrected chi connectivity index (χ4v) is 0.446. The Morgan fingerprint density at radius 2 is 1.54 bits per heavy atom. The first kappa shape index (κ1) is 24.5. The van der Waals surface area contributed by atoms with E-state index in [0.29, 0.717) is 0 Å². The third-order valence-corrected chi connectivity index (χ3v) is 1.27. The Balaban J connectivity index is -0.000000135. The number of carbonyl (C=O) groups is 1. The minimum atomic E-state index is -1.07. The molecule has 13 heavy (non-hydrogen) atoms. The molecule has 0 saturated carbocycles. The quantitative estimate of drug-likeness (QED) is 0.342. The van der Waals surface area contributed by atoms with Crippen LogP contribution in [0.25, 0.3) is 0 Å². The van der Waals surface area contributed by atoms with E-state index in [-0.39, 0.29) is 88.7 Å². The molecule has 0 spiro atoms. The van der Waals surface area contributed by atoms with E-state index in [1.165, 1.54) is 6.92 Å². The van der Waals surface area contributed by atoms with Gasteiger partial charge in [0.1, 0.15) is 6.04 Å². The van der Waals surface area contributed by atoms with Gasteiger partial charge in [-0.1, -0.05) is 0 Å². The molecule has 5 nitrogen and oxygen atoms in total. The maximum absolute atomic E-state index is 10.2. The van der Waals surface area contributed by atoms with Crippen molar-refractivity contribution < 1.29 is 20.1 Å². The molecule has 0 aliphatic heterocycles. The Hall–Kier alpha value is 2.35. The molecule has 3 N–H and O–H groups in total. The number of aliphatic carboxylic acids is 1. The van der Waals surface area contributed by atoms with E-state index >= 15 is 0 Å². The van der Waals surface area contributed by atoms with Crippen molar-refractivity contribution in [2.75, 3.05) is 13.5 Å². The van der Waals surface area contributed by atoms with Gasteiger partial charge in [0.05, 0.1) is 13.5 Å². The molecular formula is C5H14NNa3O4. The van der Waals surface area contributed by atoms with Crippen molar-refractivity contribution >= 4 is 94.6 Å². The van der Waals surface area contributed by atoms with Gasteiger partial charge in [0.15, 0.2) is 0 Å². The van der Waals surface area contributed by atoms with Crippen LogP contribution >= 0.6 is 0 Å². The monoisotopic (exact) mass is 221 g/mol. The fourth-order valence-electron chi connectivity index (χ4n) is 0.446. The summed E-state index contributed by atoms with van der Waals surface area (Å²) in [5.74, 6) is -1.07. The normalized spacial score (nSPS) is 10.5. The molecule has 0 aliphatic carbocycles. The van der Waals surface area contributed by atoms with Crippen LogP contribution < -0.4 is 0 Å². The van der Waals surface area contributed by atoms with Crippen molar-refractivity contribution in [1.29, 1.82) is 0 Å². The van der Waals surface area contributed by atoms with Gasteiger partial charge in [-0.15, -0.1) is 0 Å². The first-order valence-corrected chi connectivity index (χ1v) is 2.82. The average Bonchev–Trinajstić information content (AvgIpc) is 1.90. The van der Waals surface area contributed by atoms with E-state index in [1.54, 1.807) is 0 Å². The minimum absolute atomic E-state index is 0. The van der Waals surface area contributed by atoms with Crippen LogP contribution in [0.5, 0.6) is 0 Å². The summed E-state index contributed by atoms with van der Waals surface area (Å²) in [6.07, 6.45) is 0. The molecule has 66 valence electrons. The van der Waals surface area contributed by atoms with Gasteiger partial charge < -0.3 is 15.3 Å². The van der Waals surface area contributed by atoms with Crippen LogP contribution in [0.2, 0.25) is 0 Å². The van der Waals surface area contributed by atoms with Crippen molar-refractivity contribution in [3.05, 3.63) is 0 Å². The molecule has 0 fully saturated rings. The third kappa shape index (κ3) is 10.6. The summed E-state index contributed by atoms with van der Waals surface area (Å²) in [4.78, 5) is 11.2. The van der Waals surface area contributed by atoms with E-state index < -0.39 is 25.5 Å². The summed E-state index contributed by atoms with van der Waals surface area (Å²) in [5.41, 5.74) is 0. The number of hydrogen-bond donors (Lipinski definition) is 3. The van der Waals surface area contributed by atoms with Crippen molar-refractivity contribution in [3.8, 4) is 0 Å². The number of hydrogen-bond acceptors (Lipinski definition) is 4. The molecule has 0 bridgehead atoms. The van der Waals surface area contributed by atoms with Gasteiger partial charge >= 0.3 is 94.6 Å². The van der Waals surface area contributed by atoms with E-state index in [9.17, 15) is 4.79 Å². The van der Waals surface area contributed by atoms with Gasteiger partial charge in [-0.2, -0.15) is 0 Å². The summed E-state index contributed by atoms with van der Waals surface area (Å²) in [5, 5.41) is 25.2. The van der Waals surface area contributed by atoms with Crippen LogP contribution in [0.4, 0.5) is 0 Å². The number of aliphatic hydroxyl groups excluding tert-OH is 2. The van der Waals surface area contributed by atoms with Crippen LogP contribution in [0.3, 0.4) is 0 Å². The molecular weight excluding hydrogens is 207 g/mol. The standard InChI is InChI=1S/C5H11NO4.3Na.3H/c1-4(5(9)10)6(2-7)3-8;;;;;;/h4,7-8H,2-3H2,1H3,(H,9,10);;;;;;/t4-;;;;;;/m0....../s1. The Kier molecular flexibility index (Phi) is 27.1. The molecule has 8 heteroatoms. The predicted molar refractivity (Wildman–Crippen MR) is 54.6 cm³/mol. The van der Waals surface area contributed by atoms with Crippen LogP contribution in [0.15, 0.2) is 0 Å². The summed E-state index contributed by atoms with van der Waals surface area (Å²) in [6, 6.07) is -0.852. The first-order chi connectivity index (χ1) is 4.63. The zero-order valence-electron chi connectivity index (χ0n) is 5.69. The Morgan fingerprint density at radius 3 is 1.62 bits per heavy atom. The van der Waals surface area contributed by atoms with Crippen molar-refractivity contribution in [1.82, 2.24) is 4.90 Å². The number of nitrogens with zero attached hydrogens (tertiary/aromatic N) is 1. The van der Waals surface area contributed by atoms with Gasteiger partial charge in [0.2, 0.25) is 0 Å². The number of carboxylic acid groups (broad SMARTS) is 1. The first-order valence-electron chi connectivity index (χ1n) is 2.82. The Labute approximate surface area is 144 Å². The van der Waals surface area contributed by atoms with Gasteiger partial charge in [-0.25, -0.2) is 4.90 Å². The molecule has 0 saturated heterocycles. The predicted octanol–water partition coefficient (Wildman–Crippen LogP) is -3.28. The molecule has 0 aliphatic rings. The van der Waals surface area contributed by atoms with Gasteiger partial charge in [0, 0.05) is 0 Å². The molecule has 1 atom stereocenters. The topological polar surface area (TPSA) is 81.0 Å². The van der Waals surface area contributed by atoms with Crippen LogP contribution in [-0.4, -0.2) is 134 Å². The summed E-state index contributed by atoms with van der Waals surface area (Å²) in [7, 11) is 0. The van der Waals surface area contributed by atoms with Crippen molar-refractivity contribution in [3.63, 3.8) is 0 Å². The van der Waals surface area contributed by atoms with Crippen LogP contribution in [0.1, 0.15) is 6.92 Å². The van der Waals surface area contributed by atoms with E-state index in [2.05, 4.69) is 0 Å². The number of carboxylic acids is 1. The van der Waals surface area contributed by atoms with E-state index in [0.717, 1.165) is 4.90 Å². The summed E-state index contributed by atoms with van der Waals surface area (Å²) >= 11 is 0. The van der Waals surface area contributed by atoms with Crippen molar-refractivity contribution in [2.45, 2.75) is 13.0 Å². The molecule has 0 aromatic carbocycles. The van der Waals surface area contributed by atoms with Gasteiger partial charge in [-0.3, -0.25) is 4.79 Å². The zero-order valence-corrected chi connectivity index (χ0v) is 5.69. The Bertz CT molecular complexity index is 122. The van der Waals surface area contributed by atoms with Gasteiger partial charge in [0.25, 0.3) is 0 Å². The maximum atomic E-state index is 10.2. The Morgan fingerprint density at radius 1 is 1.23 bits per heavy atom. The summed E-state index contributed by atoms with van der Waals surface area (Å²) in [6.45, 7) is 0.475. The molecule has 0 rings (SSSR count). The van der Waals surface area contributed by atoms with Crippen LogP contribution in [-0.2, 0) is 4.79 Å². The molecule has 0 amide bonds. The second kappa shape index (κ2) is 14.3. The molecule has 0 aromatic rings. The average molecular weight is 221 g/mol.